The standard InChI is InChI=1S/C18H31NO7.C18H31NO6.C17H29NO6.C17H29NO5.C17H33NO5.C17H33NO4/c1-5-25-17(23)15-14(26-15)13(21)9-12(8-11(2)3)16(22)19-7-6-18(4,24)10-20;1-6-24-17(22)15-14(25-15)13(20)10-12(9-11(2)3)16(21)19-8-7-18(4,5)23;1-10(2)7-12(8-13(21)15-14(24-15)11(3)20)16(22)18-6-5-17(4,23)9-19;1-10(2)8-12(16(21)18-7-6-17(4,5)22)9-13(20)15-14(23-15)11(3)19;1-12(2)9-13(10-14(20)23-16(3,4)5)15(21)18-8-7-17(6,22)11-19;1-12(2)9-14(10-15(20)22-17(4,5)6)16(21)18-8-7-13(3)11-19/h11-12,14-15,20,24H,5-10H2,1-4H3,(H,19,22);11-12,14-15,23H,6-10H2,1-5H3,(H,19,21);10,12,14-15,19,23H,5-9H2,1-4H3,(H,18,22);10,12,14-15,22H,6-9H2,1-5H3,(H,18,21);12-13,19,22H,7-11H2,1-6H3,(H,18,21);12-14,19H,7-11H2,1-6H3,(H,18,21)/t12-,14-,15+,18?;12-,14-,15+;12-,14-,15-,17?;12-,14-,15-;13-,17?;13-,14-/m111111/s1. The van der Waals surface area contributed by atoms with E-state index in [0.29, 0.717) is 76.9 Å². The number of ketones is 6. The van der Waals surface area contributed by atoms with E-state index in [1.807, 2.05) is 111 Å². The van der Waals surface area contributed by atoms with Crippen molar-refractivity contribution in [1.29, 1.82) is 0 Å². The first-order chi connectivity index (χ1) is 65.6. The van der Waals surface area contributed by atoms with Crippen LogP contribution in [0.1, 0.15) is 323 Å². The predicted molar refractivity (Wildman–Crippen MR) is 534 cm³/mol. The second-order valence-corrected chi connectivity index (χ2v) is 45.0. The Morgan fingerprint density at radius 2 is 0.497 bits per heavy atom. The average molecular weight is 2050 g/mol. The zero-order valence-corrected chi connectivity index (χ0v) is 91.7. The van der Waals surface area contributed by atoms with Crippen molar-refractivity contribution in [2.24, 2.45) is 76.9 Å². The van der Waals surface area contributed by atoms with Crippen molar-refractivity contribution in [2.75, 3.05) is 78.9 Å². The lowest BCUT2D eigenvalue weighted by Crippen LogP contribution is -2.39. The second kappa shape index (κ2) is 66.5. The smallest absolute Gasteiger partial charge is 0.338 e. The molecule has 830 valence electrons. The summed E-state index contributed by atoms with van der Waals surface area (Å²) in [5.41, 5.74) is -6.52. The van der Waals surface area contributed by atoms with Crippen molar-refractivity contribution in [3.05, 3.63) is 0 Å². The highest BCUT2D eigenvalue weighted by Crippen LogP contribution is 2.34. The quantitative estimate of drug-likeness (QED) is 0.0165. The Bertz CT molecular complexity index is 3910. The van der Waals surface area contributed by atoms with Gasteiger partial charge in [-0.15, -0.1) is 0 Å². The Labute approximate surface area is 849 Å². The molecule has 0 aromatic heterocycles. The van der Waals surface area contributed by atoms with Gasteiger partial charge in [-0.25, -0.2) is 9.59 Å². The number of aliphatic hydroxyl groups is 9. The zero-order valence-electron chi connectivity index (χ0n) is 91.7. The Morgan fingerprint density at radius 1 is 0.294 bits per heavy atom. The van der Waals surface area contributed by atoms with Gasteiger partial charge in [0, 0.05) is 107 Å². The molecule has 143 heavy (non-hydrogen) atoms. The third-order valence-electron chi connectivity index (χ3n) is 22.5. The van der Waals surface area contributed by atoms with Gasteiger partial charge >= 0.3 is 23.9 Å². The summed E-state index contributed by atoms with van der Waals surface area (Å²) in [6, 6.07) is 0. The summed E-state index contributed by atoms with van der Waals surface area (Å²) in [7, 11) is 0. The van der Waals surface area contributed by atoms with Gasteiger partial charge < -0.3 is 116 Å². The number of epoxide rings is 4. The molecule has 18 atom stereocenters. The highest BCUT2D eigenvalue weighted by molar-refractivity contribution is 6.00. The van der Waals surface area contributed by atoms with Crippen molar-refractivity contribution in [1.82, 2.24) is 31.9 Å². The second-order valence-electron chi connectivity index (χ2n) is 45.0. The van der Waals surface area contributed by atoms with Crippen LogP contribution in [0.2, 0.25) is 0 Å². The Kier molecular flexibility index (Phi) is 63.8. The van der Waals surface area contributed by atoms with Crippen LogP contribution in [-0.2, 0) is 115 Å². The van der Waals surface area contributed by atoms with Crippen LogP contribution < -0.4 is 31.9 Å². The molecule has 0 bridgehead atoms. The molecular formula is C104H186N6O33. The van der Waals surface area contributed by atoms with Crippen LogP contribution in [0.15, 0.2) is 0 Å². The summed E-state index contributed by atoms with van der Waals surface area (Å²) in [4.78, 5) is 192. The number of nitrogens with one attached hydrogen (secondary N) is 6. The fourth-order valence-electron chi connectivity index (χ4n) is 14.6. The Hall–Kier alpha value is -7.80. The van der Waals surface area contributed by atoms with Crippen molar-refractivity contribution in [3.8, 4) is 0 Å². The van der Waals surface area contributed by atoms with Crippen LogP contribution in [-0.4, -0.2) is 307 Å². The maximum absolute atomic E-state index is 12.4. The van der Waals surface area contributed by atoms with Gasteiger partial charge in [0.25, 0.3) is 0 Å². The maximum Gasteiger partial charge on any atom is 0.338 e. The molecule has 39 heteroatoms. The number of Topliss-reactive ketones (excluding diaryl/α,β-unsaturated/α-hetero) is 6. The highest BCUT2D eigenvalue weighted by Gasteiger charge is 2.54. The predicted octanol–water partition coefficient (Wildman–Crippen LogP) is 7.00. The first-order valence-electron chi connectivity index (χ1n) is 50.9. The third-order valence-corrected chi connectivity index (χ3v) is 22.5. The number of hydrogen-bond acceptors (Lipinski definition) is 33. The molecule has 3 unspecified atom stereocenters. The van der Waals surface area contributed by atoms with Crippen molar-refractivity contribution in [3.63, 3.8) is 0 Å². The van der Waals surface area contributed by atoms with Crippen LogP contribution in [0.3, 0.4) is 0 Å². The van der Waals surface area contributed by atoms with Crippen LogP contribution in [0.5, 0.6) is 0 Å². The van der Waals surface area contributed by atoms with E-state index in [9.17, 15) is 102 Å². The maximum atomic E-state index is 12.4. The summed E-state index contributed by atoms with van der Waals surface area (Å²) < 4.78 is 40.6. The largest absolute Gasteiger partial charge is 0.464 e. The Balaban J connectivity index is 0. The van der Waals surface area contributed by atoms with E-state index in [1.54, 1.807) is 62.3 Å². The monoisotopic (exact) mass is 2050 g/mol. The van der Waals surface area contributed by atoms with Gasteiger partial charge in [-0.2, -0.15) is 0 Å². The van der Waals surface area contributed by atoms with Crippen molar-refractivity contribution in [2.45, 2.75) is 411 Å². The number of aliphatic hydroxyl groups excluding tert-OH is 4. The lowest BCUT2D eigenvalue weighted by molar-refractivity contribution is -0.158. The van der Waals surface area contributed by atoms with Gasteiger partial charge in [-0.05, 0) is 236 Å². The van der Waals surface area contributed by atoms with Gasteiger partial charge in [0.15, 0.2) is 59.1 Å². The normalized spacial score (nSPS) is 20.0. The summed E-state index contributed by atoms with van der Waals surface area (Å²) in [5.74, 6) is -5.37. The number of hydrogen-bond donors (Lipinski definition) is 15. The molecule has 4 saturated heterocycles. The minimum absolute atomic E-state index is 0.0129. The van der Waals surface area contributed by atoms with E-state index in [-0.39, 0.29) is 234 Å². The number of amides is 6. The molecule has 0 aromatic carbocycles. The van der Waals surface area contributed by atoms with Gasteiger partial charge in [-0.1, -0.05) is 90.0 Å². The zero-order chi connectivity index (χ0) is 111. The Morgan fingerprint density at radius 3 is 0.678 bits per heavy atom. The number of carbonyl (C=O) groups excluding carboxylic acids is 16. The van der Waals surface area contributed by atoms with Crippen LogP contribution >= 0.6 is 0 Å². The topological polar surface area (TPSA) is 614 Å². The molecule has 4 aliphatic rings. The molecule has 0 aliphatic carbocycles. The molecule has 4 fully saturated rings. The van der Waals surface area contributed by atoms with E-state index in [2.05, 4.69) is 31.9 Å². The summed E-state index contributed by atoms with van der Waals surface area (Å²) >= 11 is 0. The number of rotatable bonds is 62. The van der Waals surface area contributed by atoms with Crippen LogP contribution in [0.25, 0.3) is 0 Å². The van der Waals surface area contributed by atoms with Crippen LogP contribution in [0, 0.1) is 76.9 Å². The molecule has 6 amide bonds. The fraction of sp³-hybridized carbons (Fsp3) is 0.846. The molecule has 0 saturated carbocycles. The highest BCUT2D eigenvalue weighted by atomic mass is 16.7. The molecule has 0 radical (unpaired) electrons. The van der Waals surface area contributed by atoms with Crippen LogP contribution in [0.4, 0.5) is 0 Å². The van der Waals surface area contributed by atoms with E-state index in [1.165, 1.54) is 34.6 Å². The molecular weight excluding hydrogens is 1860 g/mol. The molecule has 39 nitrogen and oxygen atoms in total. The lowest BCUT2D eigenvalue weighted by atomic mass is 9.90. The molecule has 15 N–H and O–H groups in total. The SMILES string of the molecule is CC(=O)[C@H]1O[C@@H]1C(=O)C[C@@H](CC(C)C)C(=O)NCCC(C)(C)O.CC(=O)[C@H]1O[C@@H]1C(=O)C[C@@H](CC(C)C)C(=O)NCCC(C)(O)CO.CC(C)C[C@H](CC(=O)OC(C)(C)C)C(=O)NCCC(C)(O)CO.CC(C)C[C@H](CC(=O)OC(C)(C)C)C(=O)NCC[C@@H](C)CO.CCOC(=O)[C@H]1O[C@@H]1C(=O)C[C@@H](CC(C)C)C(=O)NCCC(C)(C)O.CCOC(=O)[C@H]1O[C@@H]1C(=O)C[C@@H](CC(C)C)C(=O)NCCC(C)(O)CO. The number of carbonyl (C=O) groups is 16. The van der Waals surface area contributed by atoms with E-state index >= 15 is 0 Å². The number of ether oxygens (including phenoxy) is 8. The minimum Gasteiger partial charge on any atom is -0.464 e. The van der Waals surface area contributed by atoms with Gasteiger partial charge in [-0.3, -0.25) is 67.1 Å². The third kappa shape index (κ3) is 66.2. The first-order valence-corrected chi connectivity index (χ1v) is 50.9. The minimum atomic E-state index is -1.26. The molecule has 4 heterocycles. The fourth-order valence-corrected chi connectivity index (χ4v) is 14.6. The summed E-state index contributed by atoms with van der Waals surface area (Å²) in [6.45, 7) is 55.2. The first kappa shape index (κ1) is 137. The van der Waals surface area contributed by atoms with Crippen molar-refractivity contribution < 1.29 is 161 Å². The molecule has 4 aliphatic heterocycles. The van der Waals surface area contributed by atoms with Gasteiger partial charge in [0.05, 0.1) is 73.9 Å². The lowest BCUT2D eigenvalue weighted by Gasteiger charge is -2.24. The summed E-state index contributed by atoms with van der Waals surface area (Å²) in [6.07, 6.45) is 0.0530. The van der Waals surface area contributed by atoms with E-state index in [4.69, 9.17) is 58.3 Å². The molecule has 0 spiro atoms. The van der Waals surface area contributed by atoms with Gasteiger partial charge in [0.1, 0.15) is 35.6 Å². The number of esters is 4. The van der Waals surface area contributed by atoms with E-state index < -0.39 is 136 Å². The average Bonchev–Trinajstić information content (AvgIpc) is 1.31. The van der Waals surface area contributed by atoms with Crippen molar-refractivity contribution >= 4 is 94.0 Å². The van der Waals surface area contributed by atoms with E-state index in [0.717, 1.165) is 6.42 Å². The molecule has 0 aromatic rings. The van der Waals surface area contributed by atoms with Gasteiger partial charge in [0.2, 0.25) is 35.4 Å². The summed E-state index contributed by atoms with van der Waals surface area (Å²) in [5, 5.41) is 101. The molecule has 4 rings (SSSR count).